The van der Waals surface area contributed by atoms with E-state index in [0.717, 1.165) is 11.5 Å². The minimum Gasteiger partial charge on any atom is -0.444 e. The van der Waals surface area contributed by atoms with Crippen LogP contribution < -0.4 is 5.56 Å². The number of nitrogens with zero attached hydrogens (tertiary/aromatic N) is 4. The fraction of sp³-hybridized carbons (Fsp3) is 0.333. The van der Waals surface area contributed by atoms with Crippen molar-refractivity contribution < 1.29 is 14.5 Å². The predicted octanol–water partition coefficient (Wildman–Crippen LogP) is 1.43. The van der Waals surface area contributed by atoms with Gasteiger partial charge in [0, 0.05) is 13.1 Å². The molecule has 0 saturated carbocycles. The molecule has 1 aromatic rings. The van der Waals surface area contributed by atoms with Crippen LogP contribution in [-0.4, -0.2) is 26.7 Å². The monoisotopic (exact) mass is 294 g/mol. The Morgan fingerprint density at radius 3 is 2.67 bits per heavy atom. The van der Waals surface area contributed by atoms with Gasteiger partial charge in [0.25, 0.3) is 0 Å². The molecule has 0 fully saturated rings. The summed E-state index contributed by atoms with van der Waals surface area (Å²) in [5, 5.41) is 11.0. The maximum atomic E-state index is 12.2. The first-order valence-corrected chi connectivity index (χ1v) is 5.96. The molecule has 0 saturated heterocycles. The van der Waals surface area contributed by atoms with Crippen molar-refractivity contribution in [3.8, 4) is 0 Å². The van der Waals surface area contributed by atoms with Crippen LogP contribution in [0.15, 0.2) is 15.9 Å². The highest BCUT2D eigenvalue weighted by Gasteiger charge is 2.24. The molecule has 9 heteroatoms. The second kappa shape index (κ2) is 7.08. The summed E-state index contributed by atoms with van der Waals surface area (Å²) in [6, 6.07) is 0. The number of hydrogen-bond acceptors (Lipinski definition) is 7. The number of esters is 1. The zero-order valence-electron chi connectivity index (χ0n) is 11.8. The van der Waals surface area contributed by atoms with Gasteiger partial charge in [-0.3, -0.25) is 19.7 Å². The molecule has 112 valence electrons. The van der Waals surface area contributed by atoms with Crippen LogP contribution in [0.25, 0.3) is 6.08 Å². The summed E-state index contributed by atoms with van der Waals surface area (Å²) in [6.07, 6.45) is 4.23. The zero-order valence-corrected chi connectivity index (χ0v) is 11.8. The molecule has 0 aromatic carbocycles. The quantitative estimate of drug-likeness (QED) is 0.351. The molecule has 0 spiro atoms. The Kier molecular flexibility index (Phi) is 5.47. The molecule has 0 aliphatic rings. The molecule has 0 unspecified atom stereocenters. The van der Waals surface area contributed by atoms with Gasteiger partial charge in [0.05, 0.1) is 4.92 Å². The third kappa shape index (κ3) is 3.81. The molecular formula is C12H14N4O5. The van der Waals surface area contributed by atoms with Crippen LogP contribution in [0.1, 0.15) is 26.5 Å². The third-order valence-electron chi connectivity index (χ3n) is 2.30. The van der Waals surface area contributed by atoms with Gasteiger partial charge in [-0.25, -0.2) is 14.5 Å². The second-order valence-electron chi connectivity index (χ2n) is 3.79. The van der Waals surface area contributed by atoms with Gasteiger partial charge in [0.1, 0.15) is 0 Å². The topological polar surface area (TPSA) is 117 Å². The summed E-state index contributed by atoms with van der Waals surface area (Å²) >= 11 is 0. The number of hydrogen-bond donors (Lipinski definition) is 0. The van der Waals surface area contributed by atoms with Crippen molar-refractivity contribution in [1.29, 1.82) is 0 Å². The Morgan fingerprint density at radius 1 is 1.52 bits per heavy atom. The molecule has 0 N–H and O–H groups in total. The molecule has 1 aromatic heterocycles. The Labute approximate surface area is 119 Å². The average Bonchev–Trinajstić information content (AvgIpc) is 2.37. The fourth-order valence-electron chi connectivity index (χ4n) is 1.48. The highest BCUT2D eigenvalue weighted by atomic mass is 16.6. The molecule has 1 heterocycles. The van der Waals surface area contributed by atoms with Crippen LogP contribution in [0.3, 0.4) is 0 Å². The Morgan fingerprint density at radius 2 is 2.19 bits per heavy atom. The molecule has 0 radical (unpaired) electrons. The molecule has 0 aliphatic carbocycles. The van der Waals surface area contributed by atoms with Crippen LogP contribution in [0.2, 0.25) is 0 Å². The van der Waals surface area contributed by atoms with E-state index in [2.05, 4.69) is 9.98 Å². The number of allylic oxidation sites excluding steroid dienone is 1. The third-order valence-corrected chi connectivity index (χ3v) is 2.30. The van der Waals surface area contributed by atoms with E-state index in [1.807, 2.05) is 0 Å². The van der Waals surface area contributed by atoms with Gasteiger partial charge < -0.3 is 4.74 Å². The number of carbonyl (C=O) groups is 1. The van der Waals surface area contributed by atoms with Crippen molar-refractivity contribution in [2.24, 2.45) is 4.99 Å². The number of aromatic nitrogens is 2. The van der Waals surface area contributed by atoms with Crippen LogP contribution in [0, 0.1) is 10.1 Å². The van der Waals surface area contributed by atoms with E-state index in [1.54, 1.807) is 13.8 Å². The van der Waals surface area contributed by atoms with E-state index in [0.29, 0.717) is 0 Å². The van der Waals surface area contributed by atoms with E-state index < -0.39 is 28.9 Å². The largest absolute Gasteiger partial charge is 0.444 e. The summed E-state index contributed by atoms with van der Waals surface area (Å²) in [5.41, 5.74) is -1.74. The van der Waals surface area contributed by atoms with Crippen LogP contribution in [0.5, 0.6) is 0 Å². The standard InChI is InChI=1S/C12H14N4O5/c1-4-6-9-10(16(19)20)11(18)15(7-21-8(3)17)12(14-9)13-5-2/h4-6H,7H2,1-3H3/b6-4+,13-5+. The van der Waals surface area contributed by atoms with E-state index in [4.69, 9.17) is 4.74 Å². The van der Waals surface area contributed by atoms with Gasteiger partial charge in [0.2, 0.25) is 5.95 Å². The number of nitro groups is 1. The molecule has 0 aliphatic heterocycles. The molecule has 0 atom stereocenters. The lowest BCUT2D eigenvalue weighted by Crippen LogP contribution is -2.26. The van der Waals surface area contributed by atoms with Gasteiger partial charge in [-0.1, -0.05) is 6.08 Å². The Bertz CT molecular complexity index is 675. The molecular weight excluding hydrogens is 280 g/mol. The van der Waals surface area contributed by atoms with Crippen LogP contribution in [0.4, 0.5) is 11.6 Å². The molecule has 0 amide bonds. The summed E-state index contributed by atoms with van der Waals surface area (Å²) in [6.45, 7) is 3.90. The minimum atomic E-state index is -0.940. The summed E-state index contributed by atoms with van der Waals surface area (Å²) < 4.78 is 5.53. The molecule has 21 heavy (non-hydrogen) atoms. The lowest BCUT2D eigenvalue weighted by atomic mass is 10.3. The molecule has 9 nitrogen and oxygen atoms in total. The maximum Gasteiger partial charge on any atom is 0.359 e. The Hall–Kier alpha value is -2.84. The van der Waals surface area contributed by atoms with Gasteiger partial charge in [-0.05, 0) is 19.9 Å². The lowest BCUT2D eigenvalue weighted by molar-refractivity contribution is -0.387. The van der Waals surface area contributed by atoms with Crippen molar-refractivity contribution in [2.75, 3.05) is 0 Å². The minimum absolute atomic E-state index is 0.0811. The van der Waals surface area contributed by atoms with Crippen LogP contribution in [-0.2, 0) is 16.3 Å². The average molecular weight is 294 g/mol. The van der Waals surface area contributed by atoms with Crippen molar-refractivity contribution in [1.82, 2.24) is 9.55 Å². The SMILES string of the molecule is C/C=C/c1nc(/N=C/C)n(COC(C)=O)c(=O)c1[N+](=O)[O-]. The summed E-state index contributed by atoms with van der Waals surface area (Å²) in [4.78, 5) is 41.1. The smallest absolute Gasteiger partial charge is 0.359 e. The first kappa shape index (κ1) is 16.2. The zero-order chi connectivity index (χ0) is 16.0. The van der Waals surface area contributed by atoms with Crippen LogP contribution >= 0.6 is 0 Å². The predicted molar refractivity (Wildman–Crippen MR) is 75.5 cm³/mol. The maximum absolute atomic E-state index is 12.2. The van der Waals surface area contributed by atoms with Crippen molar-refractivity contribution >= 4 is 29.9 Å². The Balaban J connectivity index is 3.60. The highest BCUT2D eigenvalue weighted by molar-refractivity contribution is 5.66. The lowest BCUT2D eigenvalue weighted by Gasteiger charge is -2.09. The first-order valence-electron chi connectivity index (χ1n) is 5.96. The van der Waals surface area contributed by atoms with E-state index in [9.17, 15) is 19.7 Å². The van der Waals surface area contributed by atoms with E-state index in [-0.39, 0.29) is 11.6 Å². The normalized spacial score (nSPS) is 11.2. The van der Waals surface area contributed by atoms with Gasteiger partial charge in [-0.15, -0.1) is 0 Å². The van der Waals surface area contributed by atoms with Gasteiger partial charge in [-0.2, -0.15) is 0 Å². The van der Waals surface area contributed by atoms with Crippen molar-refractivity contribution in [3.63, 3.8) is 0 Å². The molecule has 1 rings (SSSR count). The fourth-order valence-corrected chi connectivity index (χ4v) is 1.48. The summed E-state index contributed by atoms with van der Waals surface area (Å²) in [5.74, 6) is -0.712. The first-order chi connectivity index (χ1) is 9.92. The number of aliphatic imine (C=N–C) groups is 1. The van der Waals surface area contributed by atoms with Gasteiger partial charge >= 0.3 is 17.2 Å². The number of ether oxygens (including phenoxy) is 1. The summed E-state index contributed by atoms with van der Waals surface area (Å²) in [7, 11) is 0. The van der Waals surface area contributed by atoms with Crippen molar-refractivity contribution in [2.45, 2.75) is 27.5 Å². The van der Waals surface area contributed by atoms with Gasteiger partial charge in [0.15, 0.2) is 12.4 Å². The van der Waals surface area contributed by atoms with E-state index >= 15 is 0 Å². The number of carbonyl (C=O) groups excluding carboxylic acids is 1. The van der Waals surface area contributed by atoms with Crippen molar-refractivity contribution in [3.05, 3.63) is 32.2 Å². The highest BCUT2D eigenvalue weighted by Crippen LogP contribution is 2.17. The number of rotatable bonds is 5. The second-order valence-corrected chi connectivity index (χ2v) is 3.79. The molecule has 0 bridgehead atoms. The van der Waals surface area contributed by atoms with E-state index in [1.165, 1.54) is 18.4 Å².